The van der Waals surface area contributed by atoms with Gasteiger partial charge in [-0.05, 0) is 11.4 Å². The van der Waals surface area contributed by atoms with E-state index >= 15 is 0 Å². The van der Waals surface area contributed by atoms with Crippen molar-refractivity contribution in [2.24, 2.45) is 0 Å². The highest BCUT2D eigenvalue weighted by Crippen LogP contribution is 2.37. The largest absolute Gasteiger partial charge is 0.430 e. The second-order valence-electron chi connectivity index (χ2n) is 5.94. The van der Waals surface area contributed by atoms with E-state index in [1.807, 2.05) is 78.2 Å². The normalized spacial score (nSPS) is 11.0. The van der Waals surface area contributed by atoms with Gasteiger partial charge in [0.05, 0.1) is 4.88 Å². The molecule has 2 aromatic carbocycles. The lowest BCUT2D eigenvalue weighted by Crippen LogP contribution is -1.82. The summed E-state index contributed by atoms with van der Waals surface area (Å²) < 4.78 is 6.12. The fourth-order valence-electron chi connectivity index (χ4n) is 2.81. The molecule has 0 aliphatic heterocycles. The Hall–Kier alpha value is -3.16. The van der Waals surface area contributed by atoms with Gasteiger partial charge in [0.1, 0.15) is 5.69 Å². The summed E-state index contributed by atoms with van der Waals surface area (Å²) in [5.74, 6) is 1.49. The van der Waals surface area contributed by atoms with Crippen LogP contribution in [0.25, 0.3) is 33.3 Å². The van der Waals surface area contributed by atoms with E-state index in [1.54, 1.807) is 11.3 Å². The smallest absolute Gasteiger partial charge is 0.264 e. The van der Waals surface area contributed by atoms with E-state index in [9.17, 15) is 0 Å². The molecule has 0 bridgehead atoms. The Morgan fingerprint density at radius 1 is 0.821 bits per heavy atom. The average molecular weight is 403 g/mol. The van der Waals surface area contributed by atoms with Crippen molar-refractivity contribution < 1.29 is 4.42 Å². The average Bonchev–Trinajstić information content (AvgIpc) is 3.50. The molecule has 0 saturated heterocycles. The molecule has 3 heterocycles. The lowest BCUT2D eigenvalue weighted by molar-refractivity contribution is 0.465. The van der Waals surface area contributed by atoms with E-state index in [1.165, 1.54) is 11.8 Å². The van der Waals surface area contributed by atoms with Crippen molar-refractivity contribution in [3.63, 3.8) is 0 Å². The SMILES string of the molecule is c1ccc(-c2nc(Sc3n[nH]c(-c4cccs4)n3)oc2-c2ccccc2)cc1. The number of rotatable bonds is 5. The number of oxazole rings is 1. The molecular weight excluding hydrogens is 388 g/mol. The Kier molecular flexibility index (Phi) is 4.52. The number of nitrogens with one attached hydrogen (secondary N) is 1. The molecule has 136 valence electrons. The number of hydrogen-bond acceptors (Lipinski definition) is 6. The molecule has 7 heteroatoms. The lowest BCUT2D eigenvalue weighted by atomic mass is 10.1. The van der Waals surface area contributed by atoms with E-state index in [0.29, 0.717) is 10.4 Å². The third-order valence-electron chi connectivity index (χ3n) is 4.09. The minimum Gasteiger partial charge on any atom is -0.430 e. The third-order valence-corrected chi connectivity index (χ3v) is 5.68. The van der Waals surface area contributed by atoms with Gasteiger partial charge in [-0.2, -0.15) is 0 Å². The quantitative estimate of drug-likeness (QED) is 0.390. The van der Waals surface area contributed by atoms with Crippen molar-refractivity contribution in [2.75, 3.05) is 0 Å². The molecule has 0 spiro atoms. The summed E-state index contributed by atoms with van der Waals surface area (Å²) in [6.07, 6.45) is 0. The van der Waals surface area contributed by atoms with Gasteiger partial charge in [0.2, 0.25) is 5.16 Å². The van der Waals surface area contributed by atoms with Crippen molar-refractivity contribution >= 4 is 23.1 Å². The third kappa shape index (κ3) is 3.37. The van der Waals surface area contributed by atoms with Gasteiger partial charge in [-0.15, -0.1) is 16.4 Å². The molecule has 0 saturated carbocycles. The molecule has 0 fully saturated rings. The molecule has 5 nitrogen and oxygen atoms in total. The fraction of sp³-hybridized carbons (Fsp3) is 0. The second kappa shape index (κ2) is 7.46. The molecule has 0 amide bonds. The predicted molar refractivity (Wildman–Crippen MR) is 111 cm³/mol. The van der Waals surface area contributed by atoms with Crippen LogP contribution < -0.4 is 0 Å². The van der Waals surface area contributed by atoms with Gasteiger partial charge in [-0.25, -0.2) is 9.97 Å². The van der Waals surface area contributed by atoms with Crippen LogP contribution in [0.15, 0.2) is 93.0 Å². The summed E-state index contributed by atoms with van der Waals surface area (Å²) in [5.41, 5.74) is 2.80. The Labute approximate surface area is 169 Å². The lowest BCUT2D eigenvalue weighted by Gasteiger charge is -2.00. The molecular formula is C21H14N4OS2. The predicted octanol–water partition coefficient (Wildman–Crippen LogP) is 6.01. The first kappa shape index (κ1) is 17.0. The van der Waals surface area contributed by atoms with Crippen LogP contribution in [0.5, 0.6) is 0 Å². The zero-order valence-electron chi connectivity index (χ0n) is 14.6. The van der Waals surface area contributed by atoms with Gasteiger partial charge >= 0.3 is 0 Å². The van der Waals surface area contributed by atoms with Crippen molar-refractivity contribution in [1.29, 1.82) is 0 Å². The number of nitrogens with zero attached hydrogens (tertiary/aromatic N) is 3. The van der Waals surface area contributed by atoms with E-state index < -0.39 is 0 Å². The maximum Gasteiger partial charge on any atom is 0.264 e. The van der Waals surface area contributed by atoms with E-state index in [-0.39, 0.29) is 0 Å². The van der Waals surface area contributed by atoms with Crippen LogP contribution in [0, 0.1) is 0 Å². The van der Waals surface area contributed by atoms with Crippen LogP contribution in [-0.4, -0.2) is 20.2 Å². The monoisotopic (exact) mass is 402 g/mol. The fourth-order valence-corrected chi connectivity index (χ4v) is 4.12. The van der Waals surface area contributed by atoms with Gasteiger partial charge < -0.3 is 4.42 Å². The molecule has 0 atom stereocenters. The second-order valence-corrected chi connectivity index (χ2v) is 7.80. The Morgan fingerprint density at radius 3 is 2.29 bits per heavy atom. The molecule has 3 aromatic heterocycles. The highest BCUT2D eigenvalue weighted by molar-refractivity contribution is 7.98. The van der Waals surface area contributed by atoms with Crippen molar-refractivity contribution in [1.82, 2.24) is 20.2 Å². The molecule has 5 aromatic rings. The maximum atomic E-state index is 6.12. The first-order valence-corrected chi connectivity index (χ1v) is 10.3. The summed E-state index contributed by atoms with van der Waals surface area (Å²) >= 11 is 2.92. The van der Waals surface area contributed by atoms with Crippen LogP contribution in [0.4, 0.5) is 0 Å². The van der Waals surface area contributed by atoms with Gasteiger partial charge in [-0.3, -0.25) is 5.10 Å². The van der Waals surface area contributed by atoms with Crippen molar-refractivity contribution in [2.45, 2.75) is 10.4 Å². The van der Waals surface area contributed by atoms with E-state index in [2.05, 4.69) is 15.2 Å². The van der Waals surface area contributed by atoms with Gasteiger partial charge in [0.25, 0.3) is 5.22 Å². The van der Waals surface area contributed by atoms with Gasteiger partial charge in [0, 0.05) is 22.9 Å². The summed E-state index contributed by atoms with van der Waals surface area (Å²) in [7, 11) is 0. The maximum absolute atomic E-state index is 6.12. The molecule has 0 aliphatic carbocycles. The number of thiophene rings is 1. The molecule has 0 unspecified atom stereocenters. The summed E-state index contributed by atoms with van der Waals surface area (Å²) in [5, 5.41) is 10.4. The number of H-pyrrole nitrogens is 1. The highest BCUT2D eigenvalue weighted by atomic mass is 32.2. The molecule has 28 heavy (non-hydrogen) atoms. The minimum absolute atomic E-state index is 0.509. The minimum atomic E-state index is 0.509. The number of benzene rings is 2. The Bertz CT molecular complexity index is 1120. The standard InChI is InChI=1S/C21H14N4OS2/c1-3-8-14(9-4-1)17-18(15-10-5-2-6-11-15)26-21(22-17)28-20-23-19(24-25-20)16-12-7-13-27-16/h1-13H,(H,23,24,25). The number of hydrogen-bond donors (Lipinski definition) is 1. The zero-order valence-corrected chi connectivity index (χ0v) is 16.2. The number of aromatic nitrogens is 4. The Balaban J connectivity index is 1.51. The zero-order chi connectivity index (χ0) is 18.8. The van der Waals surface area contributed by atoms with Crippen molar-refractivity contribution in [3.05, 3.63) is 78.2 Å². The summed E-state index contributed by atoms with van der Waals surface area (Å²) in [6, 6.07) is 24.0. The van der Waals surface area contributed by atoms with Gasteiger partial charge in [-0.1, -0.05) is 66.7 Å². The summed E-state index contributed by atoms with van der Waals surface area (Å²) in [4.78, 5) is 10.3. The Morgan fingerprint density at radius 2 is 1.57 bits per heavy atom. The first-order chi connectivity index (χ1) is 13.9. The highest BCUT2D eigenvalue weighted by Gasteiger charge is 2.19. The van der Waals surface area contributed by atoms with Crippen LogP contribution in [0.1, 0.15) is 0 Å². The summed E-state index contributed by atoms with van der Waals surface area (Å²) in [6.45, 7) is 0. The molecule has 5 rings (SSSR count). The van der Waals surface area contributed by atoms with E-state index in [0.717, 1.165) is 33.3 Å². The first-order valence-electron chi connectivity index (χ1n) is 8.62. The molecule has 0 aliphatic rings. The van der Waals surface area contributed by atoms with Crippen LogP contribution in [0.3, 0.4) is 0 Å². The van der Waals surface area contributed by atoms with Crippen LogP contribution >= 0.6 is 23.1 Å². The molecule has 1 N–H and O–H groups in total. The number of aromatic amines is 1. The van der Waals surface area contributed by atoms with E-state index in [4.69, 9.17) is 9.40 Å². The van der Waals surface area contributed by atoms with Crippen LogP contribution in [0.2, 0.25) is 0 Å². The van der Waals surface area contributed by atoms with Gasteiger partial charge in [0.15, 0.2) is 11.6 Å². The topological polar surface area (TPSA) is 67.6 Å². The van der Waals surface area contributed by atoms with Crippen LogP contribution in [-0.2, 0) is 0 Å². The molecule has 0 radical (unpaired) electrons. The van der Waals surface area contributed by atoms with Crippen molar-refractivity contribution in [3.8, 4) is 33.3 Å².